The second-order valence-electron chi connectivity index (χ2n) is 7.93. The first-order valence-electron chi connectivity index (χ1n) is 10.4. The minimum atomic E-state index is -0.255. The number of amides is 2. The molecule has 1 aromatic carbocycles. The molecule has 7 heteroatoms. The quantitative estimate of drug-likeness (QED) is 0.632. The maximum Gasteiger partial charge on any atom is 0.279 e. The summed E-state index contributed by atoms with van der Waals surface area (Å²) in [4.78, 5) is 27.9. The van der Waals surface area contributed by atoms with Crippen molar-refractivity contribution in [2.24, 2.45) is 0 Å². The van der Waals surface area contributed by atoms with Crippen molar-refractivity contribution >= 4 is 23.2 Å². The lowest BCUT2D eigenvalue weighted by molar-refractivity contribution is -0.885. The molecule has 1 aliphatic carbocycles. The zero-order valence-electron chi connectivity index (χ0n) is 17.0. The third-order valence-corrected chi connectivity index (χ3v) is 5.80. The van der Waals surface area contributed by atoms with Crippen LogP contribution in [0.15, 0.2) is 24.3 Å². The molecule has 0 aromatic heterocycles. The van der Waals surface area contributed by atoms with E-state index in [9.17, 15) is 9.59 Å². The smallest absolute Gasteiger partial charge is 0.279 e. The lowest BCUT2D eigenvalue weighted by atomic mass is 10.2. The second-order valence-corrected chi connectivity index (χ2v) is 7.93. The summed E-state index contributed by atoms with van der Waals surface area (Å²) in [5.41, 5.74) is 1.92. The van der Waals surface area contributed by atoms with Gasteiger partial charge < -0.3 is 25.2 Å². The normalized spacial score (nSPS) is 19.9. The summed E-state index contributed by atoms with van der Waals surface area (Å²) < 4.78 is 5.38. The number of rotatable bonds is 7. The molecule has 1 aromatic rings. The van der Waals surface area contributed by atoms with Gasteiger partial charge in [0.15, 0.2) is 12.6 Å². The summed E-state index contributed by atoms with van der Waals surface area (Å²) >= 11 is 0. The standard InChI is InChI=1S/C21H32N4O3/c1-16(21(27)23-17-5-3-4-6-17)24(2)15-20(26)22-18-7-9-19(10-8-18)25-11-13-28-14-12-25/h7-10,16-17H,3-6,11-15H2,1-2H3,(H,22,26)(H,23,27)/p+1/t16-/m0/s1. The van der Waals surface area contributed by atoms with Gasteiger partial charge in [-0.1, -0.05) is 12.8 Å². The Morgan fingerprint density at radius 2 is 1.82 bits per heavy atom. The highest BCUT2D eigenvalue weighted by Crippen LogP contribution is 2.19. The van der Waals surface area contributed by atoms with E-state index in [-0.39, 0.29) is 24.4 Å². The van der Waals surface area contributed by atoms with Crippen LogP contribution in [0.3, 0.4) is 0 Å². The van der Waals surface area contributed by atoms with E-state index in [1.807, 2.05) is 38.2 Å². The highest BCUT2D eigenvalue weighted by molar-refractivity contribution is 5.91. The molecule has 0 bridgehead atoms. The summed E-state index contributed by atoms with van der Waals surface area (Å²) in [6, 6.07) is 7.95. The lowest BCUT2D eigenvalue weighted by Gasteiger charge is -2.29. The molecule has 0 radical (unpaired) electrons. The van der Waals surface area contributed by atoms with Crippen molar-refractivity contribution in [1.29, 1.82) is 0 Å². The molecule has 1 heterocycles. The van der Waals surface area contributed by atoms with Crippen molar-refractivity contribution in [2.45, 2.75) is 44.7 Å². The lowest BCUT2D eigenvalue weighted by Crippen LogP contribution is -3.15. The Morgan fingerprint density at radius 3 is 2.46 bits per heavy atom. The number of quaternary nitrogens is 1. The van der Waals surface area contributed by atoms with Gasteiger partial charge in [0.05, 0.1) is 20.3 Å². The van der Waals surface area contributed by atoms with Gasteiger partial charge in [0.25, 0.3) is 11.8 Å². The number of nitrogens with one attached hydrogen (secondary N) is 3. The number of likely N-dealkylation sites (N-methyl/N-ethyl adjacent to an activating group) is 1. The predicted octanol–water partition coefficient (Wildman–Crippen LogP) is 0.424. The molecular weight excluding hydrogens is 356 g/mol. The minimum Gasteiger partial charge on any atom is -0.378 e. The van der Waals surface area contributed by atoms with Crippen molar-refractivity contribution in [1.82, 2.24) is 5.32 Å². The number of ether oxygens (including phenoxy) is 1. The molecule has 2 amide bonds. The topological polar surface area (TPSA) is 75.1 Å². The fourth-order valence-corrected chi connectivity index (χ4v) is 3.81. The third kappa shape index (κ3) is 5.69. The number of hydrogen-bond donors (Lipinski definition) is 3. The van der Waals surface area contributed by atoms with Gasteiger partial charge in [0, 0.05) is 30.5 Å². The summed E-state index contributed by atoms with van der Waals surface area (Å²) in [7, 11) is 1.89. The maximum atomic E-state index is 12.4. The van der Waals surface area contributed by atoms with Gasteiger partial charge in [-0.25, -0.2) is 0 Å². The van der Waals surface area contributed by atoms with Crippen molar-refractivity contribution in [3.8, 4) is 0 Å². The number of nitrogens with zero attached hydrogens (tertiary/aromatic N) is 1. The fourth-order valence-electron chi connectivity index (χ4n) is 3.81. The zero-order valence-corrected chi connectivity index (χ0v) is 17.0. The van der Waals surface area contributed by atoms with Crippen LogP contribution < -0.4 is 20.4 Å². The Hall–Kier alpha value is -2.12. The monoisotopic (exact) mass is 389 g/mol. The molecule has 3 N–H and O–H groups in total. The Balaban J connectivity index is 1.45. The summed E-state index contributed by atoms with van der Waals surface area (Å²) in [5.74, 6) is -0.0517. The van der Waals surface area contributed by atoms with Gasteiger partial charge in [-0.3, -0.25) is 9.59 Å². The highest BCUT2D eigenvalue weighted by atomic mass is 16.5. The Bertz CT molecular complexity index is 652. The Kier molecular flexibility index (Phi) is 7.28. The average molecular weight is 390 g/mol. The minimum absolute atomic E-state index is 0.0343. The van der Waals surface area contributed by atoms with E-state index < -0.39 is 0 Å². The molecular formula is C21H33N4O3+. The van der Waals surface area contributed by atoms with Crippen LogP contribution in [-0.2, 0) is 14.3 Å². The van der Waals surface area contributed by atoms with Crippen molar-refractivity contribution < 1.29 is 19.2 Å². The van der Waals surface area contributed by atoms with E-state index in [0.717, 1.165) is 55.4 Å². The van der Waals surface area contributed by atoms with Gasteiger partial charge in [-0.15, -0.1) is 0 Å². The highest BCUT2D eigenvalue weighted by Gasteiger charge is 2.27. The molecule has 28 heavy (non-hydrogen) atoms. The molecule has 1 saturated carbocycles. The molecule has 2 fully saturated rings. The van der Waals surface area contributed by atoms with E-state index in [1.54, 1.807) is 0 Å². The van der Waals surface area contributed by atoms with Crippen LogP contribution in [0.4, 0.5) is 11.4 Å². The summed E-state index contributed by atoms with van der Waals surface area (Å²) in [6.45, 7) is 5.41. The van der Waals surface area contributed by atoms with E-state index in [4.69, 9.17) is 4.74 Å². The molecule has 3 rings (SSSR count). The maximum absolute atomic E-state index is 12.4. The van der Waals surface area contributed by atoms with Gasteiger partial charge in [-0.2, -0.15) is 0 Å². The number of carbonyl (C=O) groups excluding carboxylic acids is 2. The summed E-state index contributed by atoms with van der Waals surface area (Å²) in [5, 5.41) is 6.05. The fraction of sp³-hybridized carbons (Fsp3) is 0.619. The first kappa shape index (κ1) is 20.6. The first-order chi connectivity index (χ1) is 13.5. The molecule has 154 valence electrons. The largest absolute Gasteiger partial charge is 0.378 e. The third-order valence-electron chi connectivity index (χ3n) is 5.80. The van der Waals surface area contributed by atoms with Crippen LogP contribution in [-0.4, -0.2) is 63.8 Å². The average Bonchev–Trinajstić information content (AvgIpc) is 3.21. The van der Waals surface area contributed by atoms with Crippen molar-refractivity contribution in [2.75, 3.05) is 50.1 Å². The number of morpholine rings is 1. The van der Waals surface area contributed by atoms with E-state index in [2.05, 4.69) is 15.5 Å². The second kappa shape index (κ2) is 9.89. The number of carbonyl (C=O) groups is 2. The molecule has 0 spiro atoms. The van der Waals surface area contributed by atoms with Crippen LogP contribution in [0.2, 0.25) is 0 Å². The van der Waals surface area contributed by atoms with E-state index in [1.165, 1.54) is 12.8 Å². The number of benzene rings is 1. The first-order valence-corrected chi connectivity index (χ1v) is 10.4. The van der Waals surface area contributed by atoms with Crippen molar-refractivity contribution in [3.05, 3.63) is 24.3 Å². The van der Waals surface area contributed by atoms with Crippen LogP contribution in [0.25, 0.3) is 0 Å². The number of hydrogen-bond acceptors (Lipinski definition) is 4. The van der Waals surface area contributed by atoms with Crippen LogP contribution >= 0.6 is 0 Å². The van der Waals surface area contributed by atoms with Gasteiger partial charge in [0.2, 0.25) is 0 Å². The molecule has 1 unspecified atom stereocenters. The molecule has 2 aliphatic rings. The molecule has 2 atom stereocenters. The van der Waals surface area contributed by atoms with Crippen LogP contribution in [0.5, 0.6) is 0 Å². The number of anilines is 2. The SMILES string of the molecule is C[C@@H](C(=O)NC1CCCC1)[NH+](C)CC(=O)Nc1ccc(N2CCOCC2)cc1. The Morgan fingerprint density at radius 1 is 1.18 bits per heavy atom. The van der Waals surface area contributed by atoms with Crippen molar-refractivity contribution in [3.63, 3.8) is 0 Å². The predicted molar refractivity (Wildman–Crippen MR) is 110 cm³/mol. The van der Waals surface area contributed by atoms with Crippen LogP contribution in [0, 0.1) is 0 Å². The molecule has 7 nitrogen and oxygen atoms in total. The summed E-state index contributed by atoms with van der Waals surface area (Å²) in [6.07, 6.45) is 4.51. The van der Waals surface area contributed by atoms with Crippen LogP contribution in [0.1, 0.15) is 32.6 Å². The Labute approximate surface area is 167 Å². The van der Waals surface area contributed by atoms with Gasteiger partial charge in [0.1, 0.15) is 0 Å². The van der Waals surface area contributed by atoms with E-state index in [0.29, 0.717) is 6.04 Å². The molecule has 1 saturated heterocycles. The zero-order chi connectivity index (χ0) is 19.9. The van der Waals surface area contributed by atoms with Gasteiger partial charge >= 0.3 is 0 Å². The van der Waals surface area contributed by atoms with E-state index >= 15 is 0 Å². The molecule has 1 aliphatic heterocycles. The van der Waals surface area contributed by atoms with Gasteiger partial charge in [-0.05, 0) is 44.0 Å².